The van der Waals surface area contributed by atoms with Crippen molar-refractivity contribution in [2.45, 2.75) is 32.4 Å². The Kier molecular flexibility index (Phi) is 2.74. The van der Waals surface area contributed by atoms with Gasteiger partial charge in [-0.25, -0.2) is 4.79 Å². The molecule has 2 aliphatic heterocycles. The number of nitrogens with zero attached hydrogens (tertiary/aromatic N) is 1. The fraction of sp³-hybridized carbons (Fsp3) is 0.467. The number of anilines is 1. The van der Waals surface area contributed by atoms with Crippen LogP contribution in [0.1, 0.15) is 19.4 Å². The van der Waals surface area contributed by atoms with Gasteiger partial charge in [0.1, 0.15) is 5.60 Å². The lowest BCUT2D eigenvalue weighted by Gasteiger charge is -2.37. The summed E-state index contributed by atoms with van der Waals surface area (Å²) in [5, 5.41) is 2.75. The number of alkyl carbamates (subject to hydrolysis) is 1. The zero-order valence-electron chi connectivity index (χ0n) is 11.8. The molecule has 5 nitrogen and oxygen atoms in total. The molecule has 1 aromatic carbocycles. The molecule has 2 fully saturated rings. The molecule has 0 spiro atoms. The van der Waals surface area contributed by atoms with Crippen LogP contribution in [-0.4, -0.2) is 30.2 Å². The van der Waals surface area contributed by atoms with E-state index in [-0.39, 0.29) is 17.9 Å². The van der Waals surface area contributed by atoms with Crippen molar-refractivity contribution >= 4 is 17.7 Å². The molecule has 5 heteroatoms. The number of rotatable bonds is 1. The quantitative estimate of drug-likeness (QED) is 0.850. The first-order chi connectivity index (χ1) is 9.38. The Labute approximate surface area is 117 Å². The summed E-state index contributed by atoms with van der Waals surface area (Å²) in [4.78, 5) is 25.9. The molecule has 1 aromatic rings. The molecule has 0 bridgehead atoms. The van der Waals surface area contributed by atoms with Gasteiger partial charge in [-0.1, -0.05) is 17.7 Å². The molecule has 2 atom stereocenters. The third-order valence-electron chi connectivity index (χ3n) is 4.07. The topological polar surface area (TPSA) is 58.6 Å². The maximum atomic E-state index is 12.6. The van der Waals surface area contributed by atoms with Gasteiger partial charge in [0.15, 0.2) is 0 Å². The summed E-state index contributed by atoms with van der Waals surface area (Å²) in [6.45, 7) is 6.08. The molecule has 2 heterocycles. The van der Waals surface area contributed by atoms with Gasteiger partial charge in [-0.2, -0.15) is 0 Å². The average molecular weight is 274 g/mol. The standard InChI is InChI=1S/C15H18N2O3/c1-9-4-6-10(7-5-9)17-8-11-12(13(17)18)15(2,3)20-14(19)16-11/h4-7,11-12H,8H2,1-3H3,(H,16,19)/t11-,12?/m0/s1. The SMILES string of the molecule is Cc1ccc(N2C[C@@H]3NC(=O)OC(C)(C)C3C2=O)cc1. The Bertz CT molecular complexity index is 565. The number of ether oxygens (including phenoxy) is 1. The normalized spacial score (nSPS) is 27.9. The molecular weight excluding hydrogens is 256 g/mol. The van der Waals surface area contributed by atoms with Crippen LogP contribution in [0.25, 0.3) is 0 Å². The Morgan fingerprint density at radius 2 is 1.90 bits per heavy atom. The predicted octanol–water partition coefficient (Wildman–Crippen LogP) is 1.84. The molecule has 0 aliphatic carbocycles. The summed E-state index contributed by atoms with van der Waals surface area (Å²) >= 11 is 0. The Balaban J connectivity index is 1.92. The van der Waals surface area contributed by atoms with Gasteiger partial charge in [-0.15, -0.1) is 0 Å². The van der Waals surface area contributed by atoms with Crippen LogP contribution in [0.2, 0.25) is 0 Å². The van der Waals surface area contributed by atoms with Crippen molar-refractivity contribution in [1.82, 2.24) is 5.32 Å². The number of amides is 2. The van der Waals surface area contributed by atoms with Crippen LogP contribution in [-0.2, 0) is 9.53 Å². The fourth-order valence-corrected chi connectivity index (χ4v) is 3.08. The fourth-order valence-electron chi connectivity index (χ4n) is 3.08. The minimum atomic E-state index is -0.774. The predicted molar refractivity (Wildman–Crippen MR) is 74.5 cm³/mol. The van der Waals surface area contributed by atoms with Crippen molar-refractivity contribution < 1.29 is 14.3 Å². The van der Waals surface area contributed by atoms with E-state index in [0.29, 0.717) is 6.54 Å². The molecule has 2 amide bonds. The minimum Gasteiger partial charge on any atom is -0.443 e. The van der Waals surface area contributed by atoms with Crippen LogP contribution in [0, 0.1) is 12.8 Å². The summed E-state index contributed by atoms with van der Waals surface area (Å²) < 4.78 is 5.26. The number of carbonyl (C=O) groups excluding carboxylic acids is 2. The second kappa shape index (κ2) is 4.23. The van der Waals surface area contributed by atoms with Gasteiger partial charge in [0, 0.05) is 12.2 Å². The highest BCUT2D eigenvalue weighted by Crippen LogP contribution is 2.36. The Morgan fingerprint density at radius 1 is 1.25 bits per heavy atom. The van der Waals surface area contributed by atoms with E-state index < -0.39 is 11.7 Å². The summed E-state index contributed by atoms with van der Waals surface area (Å²) in [5.41, 5.74) is 1.23. The van der Waals surface area contributed by atoms with Crippen LogP contribution in [0.5, 0.6) is 0 Å². The van der Waals surface area contributed by atoms with Crippen LogP contribution >= 0.6 is 0 Å². The van der Waals surface area contributed by atoms with Crippen molar-refractivity contribution in [3.05, 3.63) is 29.8 Å². The maximum Gasteiger partial charge on any atom is 0.407 e. The van der Waals surface area contributed by atoms with Crippen molar-refractivity contribution in [2.24, 2.45) is 5.92 Å². The minimum absolute atomic E-state index is 0.00357. The van der Waals surface area contributed by atoms with Crippen LogP contribution in [0.15, 0.2) is 24.3 Å². The lowest BCUT2D eigenvalue weighted by Crippen LogP contribution is -2.57. The molecule has 3 rings (SSSR count). The highest BCUT2D eigenvalue weighted by Gasteiger charge is 2.54. The third-order valence-corrected chi connectivity index (χ3v) is 4.07. The van der Waals surface area contributed by atoms with Crippen molar-refractivity contribution in [1.29, 1.82) is 0 Å². The van der Waals surface area contributed by atoms with E-state index in [0.717, 1.165) is 11.3 Å². The van der Waals surface area contributed by atoms with Gasteiger partial charge in [0.25, 0.3) is 0 Å². The van der Waals surface area contributed by atoms with E-state index in [9.17, 15) is 9.59 Å². The van der Waals surface area contributed by atoms with Crippen LogP contribution in [0.4, 0.5) is 10.5 Å². The monoisotopic (exact) mass is 274 g/mol. The van der Waals surface area contributed by atoms with Gasteiger partial charge in [-0.3, -0.25) is 4.79 Å². The number of fused-ring (bicyclic) bond motifs is 1. The summed E-state index contributed by atoms with van der Waals surface area (Å²) in [6, 6.07) is 7.62. The van der Waals surface area contributed by atoms with Crippen LogP contribution < -0.4 is 10.2 Å². The number of nitrogens with one attached hydrogen (secondary N) is 1. The smallest absolute Gasteiger partial charge is 0.407 e. The first-order valence-corrected chi connectivity index (χ1v) is 6.76. The molecule has 2 saturated heterocycles. The number of aryl methyl sites for hydroxylation is 1. The Morgan fingerprint density at radius 3 is 2.55 bits per heavy atom. The summed E-state index contributed by atoms with van der Waals surface area (Å²) in [7, 11) is 0. The molecule has 2 aliphatic rings. The molecule has 0 aromatic heterocycles. The first kappa shape index (κ1) is 13.0. The lowest BCUT2D eigenvalue weighted by molar-refractivity contribution is -0.130. The molecule has 1 unspecified atom stereocenters. The highest BCUT2D eigenvalue weighted by molar-refractivity contribution is 6.00. The zero-order chi connectivity index (χ0) is 14.5. The average Bonchev–Trinajstić information content (AvgIpc) is 2.67. The van der Waals surface area contributed by atoms with Gasteiger partial charge in [0.2, 0.25) is 5.91 Å². The molecule has 0 radical (unpaired) electrons. The van der Waals surface area contributed by atoms with E-state index >= 15 is 0 Å². The van der Waals surface area contributed by atoms with E-state index in [1.165, 1.54) is 0 Å². The molecular formula is C15H18N2O3. The number of benzene rings is 1. The van der Waals surface area contributed by atoms with Gasteiger partial charge >= 0.3 is 6.09 Å². The zero-order valence-corrected chi connectivity index (χ0v) is 11.8. The van der Waals surface area contributed by atoms with Gasteiger partial charge in [0.05, 0.1) is 12.0 Å². The number of hydrogen-bond acceptors (Lipinski definition) is 3. The Hall–Kier alpha value is -2.04. The second-order valence-corrected chi connectivity index (χ2v) is 6.01. The summed E-state index contributed by atoms with van der Waals surface area (Å²) in [5.74, 6) is -0.342. The van der Waals surface area contributed by atoms with E-state index in [1.807, 2.05) is 31.2 Å². The van der Waals surface area contributed by atoms with Crippen molar-refractivity contribution in [3.8, 4) is 0 Å². The summed E-state index contributed by atoms with van der Waals surface area (Å²) in [6.07, 6.45) is -0.449. The van der Waals surface area contributed by atoms with Crippen LogP contribution in [0.3, 0.4) is 0 Å². The third kappa shape index (κ3) is 1.94. The number of cyclic esters (lactones) is 1. The van der Waals surface area contributed by atoms with E-state index in [2.05, 4.69) is 5.32 Å². The van der Waals surface area contributed by atoms with E-state index in [1.54, 1.807) is 18.7 Å². The molecule has 106 valence electrons. The number of hydrogen-bond donors (Lipinski definition) is 1. The lowest BCUT2D eigenvalue weighted by atomic mass is 9.85. The van der Waals surface area contributed by atoms with E-state index in [4.69, 9.17) is 4.74 Å². The maximum absolute atomic E-state index is 12.6. The molecule has 20 heavy (non-hydrogen) atoms. The van der Waals surface area contributed by atoms with Gasteiger partial charge < -0.3 is 15.0 Å². The molecule has 0 saturated carbocycles. The number of carbonyl (C=O) groups is 2. The van der Waals surface area contributed by atoms with Gasteiger partial charge in [-0.05, 0) is 32.9 Å². The molecule has 1 N–H and O–H groups in total. The van der Waals surface area contributed by atoms with Crippen molar-refractivity contribution in [3.63, 3.8) is 0 Å². The first-order valence-electron chi connectivity index (χ1n) is 6.76. The largest absolute Gasteiger partial charge is 0.443 e. The van der Waals surface area contributed by atoms with Crippen molar-refractivity contribution in [2.75, 3.05) is 11.4 Å². The second-order valence-electron chi connectivity index (χ2n) is 6.01. The highest BCUT2D eigenvalue weighted by atomic mass is 16.6.